The Bertz CT molecular complexity index is 1410. The number of nitrogens with zero attached hydrogens (tertiary/aromatic N) is 4. The van der Waals surface area contributed by atoms with E-state index in [1.165, 1.54) is 17.2 Å². The summed E-state index contributed by atoms with van der Waals surface area (Å²) in [6, 6.07) is 0. The van der Waals surface area contributed by atoms with Crippen molar-refractivity contribution in [2.75, 3.05) is 31.8 Å². The maximum absolute atomic E-state index is 13.6. The van der Waals surface area contributed by atoms with E-state index in [9.17, 15) is 14.2 Å². The number of hydrogen-bond donors (Lipinski definition) is 1. The van der Waals surface area contributed by atoms with Crippen LogP contribution in [0.15, 0.2) is 12.7 Å². The van der Waals surface area contributed by atoms with Gasteiger partial charge in [-0.3, -0.25) is 17.5 Å². The minimum absolute atomic E-state index is 0.109. The molecule has 21 heteroatoms. The maximum atomic E-state index is 13.6. The van der Waals surface area contributed by atoms with Crippen molar-refractivity contribution in [1.82, 2.24) is 19.5 Å². The maximum Gasteiger partial charge on any atom is 0.510 e. The molecule has 2 aromatic rings. The second-order valence-electron chi connectivity index (χ2n) is 9.65. The minimum atomic E-state index is -4.72. The molecule has 0 unspecified atom stereocenters. The van der Waals surface area contributed by atoms with Crippen molar-refractivity contribution in [1.29, 1.82) is 0 Å². The Labute approximate surface area is 260 Å². The van der Waals surface area contributed by atoms with Gasteiger partial charge in [0.05, 0.1) is 31.0 Å². The number of phosphoric acid groups is 1. The lowest BCUT2D eigenvalue weighted by atomic mass is 9.88. The first-order valence-corrected chi connectivity index (χ1v) is 15.4. The number of rotatable bonds is 13. The third-order valence-electron chi connectivity index (χ3n) is 5.89. The molecule has 0 radical (unpaired) electrons. The summed E-state index contributed by atoms with van der Waals surface area (Å²) >= 11 is 7.00. The first-order chi connectivity index (χ1) is 20.9. The third kappa shape index (κ3) is 7.14. The average molecular weight is 682 g/mol. The van der Waals surface area contributed by atoms with Crippen molar-refractivity contribution in [3.8, 4) is 12.3 Å². The first kappa shape index (κ1) is 34.0. The van der Waals surface area contributed by atoms with Crippen molar-refractivity contribution in [2.24, 2.45) is 0 Å². The molecule has 0 saturated carbocycles. The largest absolute Gasteiger partial charge is 0.510 e. The van der Waals surface area contributed by atoms with Crippen molar-refractivity contribution in [3.63, 3.8) is 0 Å². The second kappa shape index (κ2) is 14.0. The van der Waals surface area contributed by atoms with Crippen LogP contribution in [0.3, 0.4) is 0 Å². The molecule has 4 atom stereocenters. The zero-order chi connectivity index (χ0) is 32.1. The third-order valence-corrected chi connectivity index (χ3v) is 8.24. The SMILES string of the molecule is C#C[C@@]12OSO[C@@H]1[C@@](CCl)(COP(=O)(OCOC(=O)OC(C)C)OCOC(=O)OC(C)C)O[C@H]2n1cnc2c(N)ncnc21. The second-order valence-corrected chi connectivity index (χ2v) is 12.1. The fraction of sp³-hybridized carbons (Fsp3) is 0.609. The van der Waals surface area contributed by atoms with E-state index in [0.29, 0.717) is 12.3 Å². The number of carbonyl (C=O) groups is 2. The summed E-state index contributed by atoms with van der Waals surface area (Å²) < 4.78 is 67.9. The number of alkyl halides is 1. The fourth-order valence-electron chi connectivity index (χ4n) is 4.01. The van der Waals surface area contributed by atoms with Gasteiger partial charge in [0.1, 0.15) is 17.4 Å². The molecule has 2 aliphatic heterocycles. The van der Waals surface area contributed by atoms with E-state index in [2.05, 4.69) is 20.9 Å². The van der Waals surface area contributed by atoms with Crippen LogP contribution in [0, 0.1) is 12.3 Å². The number of aromatic nitrogens is 4. The Hall–Kier alpha value is -2.92. The van der Waals surface area contributed by atoms with Gasteiger partial charge in [0.25, 0.3) is 0 Å². The molecule has 0 bridgehead atoms. The van der Waals surface area contributed by atoms with Gasteiger partial charge < -0.3 is 29.4 Å². The zero-order valence-electron chi connectivity index (χ0n) is 23.8. The Kier molecular flexibility index (Phi) is 10.8. The van der Waals surface area contributed by atoms with Gasteiger partial charge >= 0.3 is 20.1 Å². The summed E-state index contributed by atoms with van der Waals surface area (Å²) in [5.41, 5.74) is 3.16. The summed E-state index contributed by atoms with van der Waals surface area (Å²) in [5.74, 6) is 2.32. The Morgan fingerprint density at radius 2 is 1.77 bits per heavy atom. The smallest absolute Gasteiger partial charge is 0.432 e. The monoisotopic (exact) mass is 681 g/mol. The van der Waals surface area contributed by atoms with Crippen molar-refractivity contribution < 1.29 is 59.8 Å². The molecule has 242 valence electrons. The van der Waals surface area contributed by atoms with Crippen LogP contribution >= 0.6 is 31.7 Å². The Morgan fingerprint density at radius 3 is 2.34 bits per heavy atom. The van der Waals surface area contributed by atoms with Gasteiger partial charge in [0.15, 0.2) is 36.1 Å². The molecule has 2 N–H and O–H groups in total. The highest BCUT2D eigenvalue weighted by molar-refractivity contribution is 7.90. The molecule has 0 amide bonds. The molecule has 0 aromatic carbocycles. The highest BCUT2D eigenvalue weighted by Gasteiger charge is 2.70. The number of imidazole rings is 1. The van der Waals surface area contributed by atoms with Crippen molar-refractivity contribution in [3.05, 3.63) is 12.7 Å². The lowest BCUT2D eigenvalue weighted by Gasteiger charge is -2.31. The van der Waals surface area contributed by atoms with Crippen molar-refractivity contribution in [2.45, 2.75) is 63.4 Å². The fourth-order valence-corrected chi connectivity index (χ4v) is 6.02. The van der Waals surface area contributed by atoms with Crippen LogP contribution in [0.4, 0.5) is 15.4 Å². The Morgan fingerprint density at radius 1 is 1.14 bits per heavy atom. The summed E-state index contributed by atoms with van der Waals surface area (Å²) in [7, 11) is -4.72. The molecule has 4 rings (SSSR count). The summed E-state index contributed by atoms with van der Waals surface area (Å²) in [6.45, 7) is 3.82. The molecule has 2 aliphatic rings. The number of halogens is 1. The molecule has 18 nitrogen and oxygen atoms in total. The van der Waals surface area contributed by atoms with Gasteiger partial charge in [-0.2, -0.15) is 0 Å². The van der Waals surface area contributed by atoms with E-state index in [1.807, 2.05) is 0 Å². The number of nitrogens with two attached hydrogens (primary N) is 1. The standard InChI is InChI=1S/C23H29ClN5O13PS/c1-6-23-18(41-44-42-23)22(7-24,40-19(23)29-10-28-15-16(25)26-9-27-17(15)29)8-35-43(32,36-11-33-20(30)38-13(2)3)37-12-34-21(31)39-14(4)5/h1,9-10,13-14,18-19H,7-8,11-12H2,2-5H3,(H2,25,26,27)/t18-,19-,22-,23-/m1/s1. The molecule has 44 heavy (non-hydrogen) atoms. The Balaban J connectivity index is 1.57. The average Bonchev–Trinajstić information content (AvgIpc) is 3.65. The van der Waals surface area contributed by atoms with Gasteiger partial charge in [-0.15, -0.1) is 18.0 Å². The van der Waals surface area contributed by atoms with Crippen LogP contribution in [0.1, 0.15) is 33.9 Å². The molecule has 2 fully saturated rings. The quantitative estimate of drug-likeness (QED) is 0.0800. The molecule has 2 aromatic heterocycles. The van der Waals surface area contributed by atoms with E-state index < -0.39 is 76.1 Å². The topological polar surface area (TPSA) is 213 Å². The highest BCUT2D eigenvalue weighted by Crippen LogP contribution is 2.58. The zero-order valence-corrected chi connectivity index (χ0v) is 26.2. The van der Waals surface area contributed by atoms with E-state index in [0.717, 1.165) is 0 Å². The number of ether oxygens (including phenoxy) is 5. The lowest BCUT2D eigenvalue weighted by Crippen LogP contribution is -2.52. The number of nitrogen functional groups attached to an aromatic ring is 1. The molecular formula is C23H29ClN5O13PS. The number of fused-ring (bicyclic) bond motifs is 2. The van der Waals surface area contributed by atoms with Gasteiger partial charge in [-0.25, -0.2) is 38.2 Å². The van der Waals surface area contributed by atoms with E-state index >= 15 is 0 Å². The summed E-state index contributed by atoms with van der Waals surface area (Å²) in [6.07, 6.45) is 3.00. The van der Waals surface area contributed by atoms with Crippen molar-refractivity contribution >= 4 is 61.0 Å². The number of hydrogen-bond acceptors (Lipinski definition) is 18. The highest BCUT2D eigenvalue weighted by atomic mass is 35.5. The van der Waals surface area contributed by atoms with Crippen LogP contribution in [0.5, 0.6) is 0 Å². The number of anilines is 1. The van der Waals surface area contributed by atoms with Gasteiger partial charge in [-0.1, -0.05) is 5.92 Å². The predicted molar refractivity (Wildman–Crippen MR) is 149 cm³/mol. The van der Waals surface area contributed by atoms with E-state index in [4.69, 9.17) is 69.4 Å². The number of terminal acetylenes is 1. The normalized spacial score (nSPS) is 24.8. The van der Waals surface area contributed by atoms with Crippen LogP contribution in [-0.4, -0.2) is 87.4 Å². The van der Waals surface area contributed by atoms with Crippen LogP contribution < -0.4 is 5.73 Å². The van der Waals surface area contributed by atoms with Crippen LogP contribution in [0.25, 0.3) is 11.2 Å². The van der Waals surface area contributed by atoms with Crippen LogP contribution in [0.2, 0.25) is 0 Å². The molecule has 2 saturated heterocycles. The minimum Gasteiger partial charge on any atom is -0.432 e. The van der Waals surface area contributed by atoms with Gasteiger partial charge in [0.2, 0.25) is 19.2 Å². The molecule has 0 spiro atoms. The van der Waals surface area contributed by atoms with Gasteiger partial charge in [0, 0.05) is 0 Å². The first-order valence-electron chi connectivity index (χ1n) is 12.7. The lowest BCUT2D eigenvalue weighted by molar-refractivity contribution is -0.118. The van der Waals surface area contributed by atoms with Crippen LogP contribution in [-0.2, 0) is 50.2 Å². The van der Waals surface area contributed by atoms with E-state index in [1.54, 1.807) is 27.7 Å². The summed E-state index contributed by atoms with van der Waals surface area (Å²) in [4.78, 5) is 35.9. The summed E-state index contributed by atoms with van der Waals surface area (Å²) in [5, 5.41) is 0. The predicted octanol–water partition coefficient (Wildman–Crippen LogP) is 3.46. The molecule has 0 aliphatic carbocycles. The molecule has 4 heterocycles. The molecular weight excluding hydrogens is 653 g/mol. The van der Waals surface area contributed by atoms with E-state index in [-0.39, 0.29) is 22.9 Å². The van der Waals surface area contributed by atoms with Gasteiger partial charge in [-0.05, 0) is 27.7 Å². The number of carbonyl (C=O) groups excluding carboxylic acids is 2. The number of phosphoric ester groups is 1.